The Morgan fingerprint density at radius 2 is 1.86 bits per heavy atom. The van der Waals surface area contributed by atoms with Crippen LogP contribution in [-0.4, -0.2) is 16.7 Å². The number of carbonyl (C=O) groups excluding carboxylic acids is 2. The van der Waals surface area contributed by atoms with E-state index >= 15 is 0 Å². The van der Waals surface area contributed by atoms with E-state index in [4.69, 9.17) is 5.73 Å². The molecule has 0 saturated carbocycles. The van der Waals surface area contributed by atoms with Gasteiger partial charge in [-0.3, -0.25) is 9.59 Å². The van der Waals surface area contributed by atoms with Crippen LogP contribution in [0.3, 0.4) is 0 Å². The van der Waals surface area contributed by atoms with Crippen molar-refractivity contribution in [2.75, 3.05) is 11.5 Å². The second-order valence-corrected chi connectivity index (χ2v) is 3.98. The van der Waals surface area contributed by atoms with Crippen molar-refractivity contribution in [3.05, 3.63) is 29.8 Å². The number of Topliss-reactive ketones (excluding diaryl/α,β-unsaturated/α-hetero) is 1. The summed E-state index contributed by atoms with van der Waals surface area (Å²) in [4.78, 5) is 22.1. The predicted molar refractivity (Wildman–Crippen MR) is 58.3 cm³/mol. The molecule has 0 bridgehead atoms. The van der Waals surface area contributed by atoms with Crippen molar-refractivity contribution in [1.82, 2.24) is 0 Å². The van der Waals surface area contributed by atoms with Crippen LogP contribution in [0.2, 0.25) is 0 Å². The van der Waals surface area contributed by atoms with Gasteiger partial charge in [0.05, 0.1) is 5.75 Å². The maximum Gasteiger partial charge on any atom is 0.186 e. The standard InChI is InChI=1S/C10H11NO2S/c1-7(12)14-6-10(13)8-2-4-9(11)5-3-8/h2-5H,6,11H2,1H3. The van der Waals surface area contributed by atoms with Crippen LogP contribution in [0, 0.1) is 0 Å². The molecule has 0 aliphatic rings. The fourth-order valence-electron chi connectivity index (χ4n) is 0.920. The average molecular weight is 209 g/mol. The number of carbonyl (C=O) groups is 2. The molecule has 0 saturated heterocycles. The fourth-order valence-corrected chi connectivity index (χ4v) is 1.42. The SMILES string of the molecule is CC(=O)SCC(=O)c1ccc(N)cc1. The number of rotatable bonds is 3. The Kier molecular flexibility index (Phi) is 3.71. The first-order valence-corrected chi connectivity index (χ1v) is 5.10. The highest BCUT2D eigenvalue weighted by molar-refractivity contribution is 8.14. The van der Waals surface area contributed by atoms with Gasteiger partial charge in [0, 0.05) is 18.2 Å². The maximum atomic E-state index is 11.4. The Balaban J connectivity index is 2.61. The second-order valence-electron chi connectivity index (χ2n) is 2.83. The molecule has 0 amide bonds. The molecule has 0 heterocycles. The first-order chi connectivity index (χ1) is 6.59. The van der Waals surface area contributed by atoms with Gasteiger partial charge in [-0.2, -0.15) is 0 Å². The molecule has 3 nitrogen and oxygen atoms in total. The number of thioether (sulfide) groups is 1. The van der Waals surface area contributed by atoms with Crippen molar-refractivity contribution in [1.29, 1.82) is 0 Å². The van der Waals surface area contributed by atoms with Gasteiger partial charge in [0.1, 0.15) is 0 Å². The van der Waals surface area contributed by atoms with Crippen LogP contribution in [0.25, 0.3) is 0 Å². The topological polar surface area (TPSA) is 60.2 Å². The van der Waals surface area contributed by atoms with E-state index in [1.54, 1.807) is 24.3 Å². The molecule has 2 N–H and O–H groups in total. The van der Waals surface area contributed by atoms with Crippen LogP contribution >= 0.6 is 11.8 Å². The van der Waals surface area contributed by atoms with Gasteiger partial charge in [0.15, 0.2) is 10.9 Å². The first-order valence-electron chi connectivity index (χ1n) is 4.11. The quantitative estimate of drug-likeness (QED) is 0.608. The third-order valence-corrected chi connectivity index (χ3v) is 2.45. The maximum absolute atomic E-state index is 11.4. The highest BCUT2D eigenvalue weighted by Gasteiger charge is 2.06. The molecule has 0 aromatic heterocycles. The van der Waals surface area contributed by atoms with Gasteiger partial charge < -0.3 is 5.73 Å². The summed E-state index contributed by atoms with van der Waals surface area (Å²) in [6.07, 6.45) is 0. The van der Waals surface area contributed by atoms with Crippen molar-refractivity contribution in [3.63, 3.8) is 0 Å². The normalized spacial score (nSPS) is 9.79. The summed E-state index contributed by atoms with van der Waals surface area (Å²) in [7, 11) is 0. The zero-order chi connectivity index (χ0) is 10.6. The highest BCUT2D eigenvalue weighted by Crippen LogP contribution is 2.10. The highest BCUT2D eigenvalue weighted by atomic mass is 32.2. The van der Waals surface area contributed by atoms with Crippen molar-refractivity contribution >= 4 is 28.3 Å². The fraction of sp³-hybridized carbons (Fsp3) is 0.200. The Morgan fingerprint density at radius 3 is 2.36 bits per heavy atom. The van der Waals surface area contributed by atoms with Gasteiger partial charge in [-0.1, -0.05) is 11.8 Å². The number of nitrogens with two attached hydrogens (primary N) is 1. The van der Waals surface area contributed by atoms with Crippen LogP contribution in [-0.2, 0) is 4.79 Å². The zero-order valence-electron chi connectivity index (χ0n) is 7.82. The number of ketones is 1. The third-order valence-electron chi connectivity index (χ3n) is 1.64. The molecule has 0 radical (unpaired) electrons. The largest absolute Gasteiger partial charge is 0.399 e. The summed E-state index contributed by atoms with van der Waals surface area (Å²) >= 11 is 1.02. The minimum Gasteiger partial charge on any atom is -0.399 e. The number of benzene rings is 1. The monoisotopic (exact) mass is 209 g/mol. The number of anilines is 1. The van der Waals surface area contributed by atoms with Crippen molar-refractivity contribution in [2.45, 2.75) is 6.92 Å². The van der Waals surface area contributed by atoms with Gasteiger partial charge >= 0.3 is 0 Å². The van der Waals surface area contributed by atoms with Crippen LogP contribution in [0.1, 0.15) is 17.3 Å². The van der Waals surface area contributed by atoms with Crippen LogP contribution in [0.15, 0.2) is 24.3 Å². The van der Waals surface area contributed by atoms with E-state index < -0.39 is 0 Å². The van der Waals surface area contributed by atoms with Gasteiger partial charge in [-0.25, -0.2) is 0 Å². The van der Waals surface area contributed by atoms with Crippen molar-refractivity contribution in [3.8, 4) is 0 Å². The van der Waals surface area contributed by atoms with Crippen LogP contribution < -0.4 is 5.73 Å². The van der Waals surface area contributed by atoms with Gasteiger partial charge in [0.25, 0.3) is 0 Å². The van der Waals surface area contributed by atoms with E-state index in [0.29, 0.717) is 11.3 Å². The molecular formula is C10H11NO2S. The van der Waals surface area contributed by atoms with Crippen molar-refractivity contribution in [2.24, 2.45) is 0 Å². The molecular weight excluding hydrogens is 198 g/mol. The van der Waals surface area contributed by atoms with E-state index in [-0.39, 0.29) is 16.7 Å². The molecule has 1 rings (SSSR count). The second kappa shape index (κ2) is 4.81. The summed E-state index contributed by atoms with van der Waals surface area (Å²) in [6.45, 7) is 1.45. The molecule has 0 atom stereocenters. The smallest absolute Gasteiger partial charge is 0.186 e. The Bertz CT molecular complexity index is 346. The average Bonchev–Trinajstić information content (AvgIpc) is 2.15. The zero-order valence-corrected chi connectivity index (χ0v) is 8.64. The minimum absolute atomic E-state index is 0.0474. The summed E-state index contributed by atoms with van der Waals surface area (Å²) in [5.74, 6) is 0.143. The molecule has 0 unspecified atom stereocenters. The van der Waals surface area contributed by atoms with Gasteiger partial charge in [-0.15, -0.1) is 0 Å². The van der Waals surface area contributed by atoms with E-state index in [0.717, 1.165) is 11.8 Å². The van der Waals surface area contributed by atoms with Crippen LogP contribution in [0.4, 0.5) is 5.69 Å². The van der Waals surface area contributed by atoms with E-state index in [2.05, 4.69) is 0 Å². The number of hydrogen-bond acceptors (Lipinski definition) is 4. The van der Waals surface area contributed by atoms with E-state index in [1.807, 2.05) is 0 Å². The molecule has 14 heavy (non-hydrogen) atoms. The van der Waals surface area contributed by atoms with Gasteiger partial charge in [0.2, 0.25) is 0 Å². The molecule has 1 aromatic rings. The molecule has 0 spiro atoms. The molecule has 4 heteroatoms. The number of hydrogen-bond donors (Lipinski definition) is 1. The molecule has 0 fully saturated rings. The lowest BCUT2D eigenvalue weighted by molar-refractivity contribution is -0.109. The molecule has 74 valence electrons. The van der Waals surface area contributed by atoms with Crippen LogP contribution in [0.5, 0.6) is 0 Å². The molecule has 0 aliphatic carbocycles. The van der Waals surface area contributed by atoms with E-state index in [1.165, 1.54) is 6.92 Å². The first kappa shape index (κ1) is 10.8. The number of nitrogen functional groups attached to an aromatic ring is 1. The summed E-state index contributed by atoms with van der Waals surface area (Å²) < 4.78 is 0. The lowest BCUT2D eigenvalue weighted by Crippen LogP contribution is -2.03. The summed E-state index contributed by atoms with van der Waals surface area (Å²) in [5.41, 5.74) is 6.69. The predicted octanol–water partition coefficient (Wildman–Crippen LogP) is 1.73. The lowest BCUT2D eigenvalue weighted by atomic mass is 10.1. The van der Waals surface area contributed by atoms with Gasteiger partial charge in [-0.05, 0) is 24.3 Å². The Labute approximate surface area is 86.7 Å². The minimum atomic E-state index is -0.0507. The third kappa shape index (κ3) is 3.22. The molecule has 1 aromatic carbocycles. The molecule has 0 aliphatic heterocycles. The van der Waals surface area contributed by atoms with E-state index in [9.17, 15) is 9.59 Å². The lowest BCUT2D eigenvalue weighted by Gasteiger charge is -1.99. The summed E-state index contributed by atoms with van der Waals surface area (Å²) in [5, 5.41) is -0.0474. The summed E-state index contributed by atoms with van der Waals surface area (Å²) in [6, 6.07) is 6.67. The van der Waals surface area contributed by atoms with Crippen molar-refractivity contribution < 1.29 is 9.59 Å². The Morgan fingerprint density at radius 1 is 1.29 bits per heavy atom. The Hall–Kier alpha value is -1.29.